The van der Waals surface area contributed by atoms with Crippen LogP contribution in [0.4, 0.5) is 5.69 Å². The van der Waals surface area contributed by atoms with Gasteiger partial charge in [0.2, 0.25) is 6.41 Å². The van der Waals surface area contributed by atoms with Gasteiger partial charge in [0.05, 0.1) is 16.8 Å². The van der Waals surface area contributed by atoms with Gasteiger partial charge in [0.15, 0.2) is 0 Å². The number of nitrogen functional groups attached to an aromatic ring is 1. The largest absolute Gasteiger partial charge is 0.297 e. The first-order valence-electron chi connectivity index (χ1n) is 5.12. The first-order chi connectivity index (χ1) is 8.77. The second kappa shape index (κ2) is 5.11. The Morgan fingerprint density at radius 2 is 2.11 bits per heavy atom. The minimum absolute atomic E-state index is 0.241. The molecule has 1 aromatic carbocycles. The highest BCUT2D eigenvalue weighted by molar-refractivity contribution is 6.06. The van der Waals surface area contributed by atoms with Crippen LogP contribution in [0.15, 0.2) is 30.5 Å². The number of amides is 2. The predicted molar refractivity (Wildman–Crippen MR) is 66.2 cm³/mol. The number of pyridine rings is 1. The van der Waals surface area contributed by atoms with Crippen LogP contribution in [0.1, 0.15) is 10.4 Å². The van der Waals surface area contributed by atoms with Crippen molar-refractivity contribution in [2.75, 3.05) is 5.43 Å². The summed E-state index contributed by atoms with van der Waals surface area (Å²) in [4.78, 5) is 26.1. The molecular formula is C11H11N5O2. The van der Waals surface area contributed by atoms with E-state index in [0.29, 0.717) is 23.0 Å². The molecule has 18 heavy (non-hydrogen) atoms. The second-order valence-corrected chi connectivity index (χ2v) is 3.42. The van der Waals surface area contributed by atoms with Crippen LogP contribution in [0.25, 0.3) is 10.9 Å². The number of nitrogens with zero attached hydrogens (tertiary/aromatic N) is 1. The first kappa shape index (κ1) is 11.8. The Labute approximate surface area is 102 Å². The minimum atomic E-state index is -0.497. The number of nitrogens with two attached hydrogens (primary N) is 1. The van der Waals surface area contributed by atoms with Gasteiger partial charge in [-0.1, -0.05) is 18.2 Å². The molecule has 1 aromatic heterocycles. The number of carbonyl (C=O) groups excluding carboxylic acids is 2. The zero-order valence-corrected chi connectivity index (χ0v) is 9.31. The van der Waals surface area contributed by atoms with Crippen LogP contribution in [0.5, 0.6) is 0 Å². The van der Waals surface area contributed by atoms with Gasteiger partial charge in [-0.2, -0.15) is 0 Å². The summed E-state index contributed by atoms with van der Waals surface area (Å²) in [7, 11) is 0. The van der Waals surface area contributed by atoms with E-state index in [0.717, 1.165) is 0 Å². The highest BCUT2D eigenvalue weighted by atomic mass is 16.2. The SMILES string of the molecule is NNC(=O)c1cnc2ccccc2c1NNC=O. The molecule has 0 aliphatic carbocycles. The highest BCUT2D eigenvalue weighted by Crippen LogP contribution is 2.24. The van der Waals surface area contributed by atoms with Crippen LogP contribution in [0, 0.1) is 0 Å². The van der Waals surface area contributed by atoms with E-state index in [1.54, 1.807) is 18.2 Å². The molecule has 0 aliphatic heterocycles. The predicted octanol–water partition coefficient (Wildman–Crippen LogP) is -0.0888. The topological polar surface area (TPSA) is 109 Å². The van der Waals surface area contributed by atoms with Crippen molar-refractivity contribution in [1.29, 1.82) is 0 Å². The van der Waals surface area contributed by atoms with Gasteiger partial charge in [0.25, 0.3) is 5.91 Å². The summed E-state index contributed by atoms with van der Waals surface area (Å²) in [5.74, 6) is 4.60. The summed E-state index contributed by atoms with van der Waals surface area (Å²) in [6.45, 7) is 0. The maximum Gasteiger partial charge on any atom is 0.268 e. The number of anilines is 1. The second-order valence-electron chi connectivity index (χ2n) is 3.42. The van der Waals surface area contributed by atoms with E-state index in [2.05, 4.69) is 15.8 Å². The van der Waals surface area contributed by atoms with Crippen LogP contribution in [0.2, 0.25) is 0 Å². The number of benzene rings is 1. The zero-order valence-electron chi connectivity index (χ0n) is 9.31. The van der Waals surface area contributed by atoms with E-state index in [9.17, 15) is 9.59 Å². The van der Waals surface area contributed by atoms with E-state index in [4.69, 9.17) is 5.84 Å². The van der Waals surface area contributed by atoms with Crippen LogP contribution >= 0.6 is 0 Å². The minimum Gasteiger partial charge on any atom is -0.297 e. The lowest BCUT2D eigenvalue weighted by Gasteiger charge is -2.12. The molecule has 0 atom stereocenters. The van der Waals surface area contributed by atoms with Gasteiger partial charge in [0, 0.05) is 11.6 Å². The number of nitrogens with one attached hydrogen (secondary N) is 3. The Bertz CT molecular complexity index is 599. The Morgan fingerprint density at radius 3 is 2.83 bits per heavy atom. The number of fused-ring (bicyclic) bond motifs is 1. The summed E-state index contributed by atoms with van der Waals surface area (Å²) in [6.07, 6.45) is 1.86. The number of rotatable bonds is 4. The quantitative estimate of drug-likeness (QED) is 0.260. The van der Waals surface area contributed by atoms with Gasteiger partial charge >= 0.3 is 0 Å². The van der Waals surface area contributed by atoms with E-state index >= 15 is 0 Å². The molecule has 0 saturated heterocycles. The Balaban J connectivity index is 2.62. The molecule has 7 heteroatoms. The lowest BCUT2D eigenvalue weighted by Crippen LogP contribution is -2.32. The monoisotopic (exact) mass is 245 g/mol. The summed E-state index contributed by atoms with van der Waals surface area (Å²) >= 11 is 0. The standard InChI is InChI=1S/C11H11N5O2/c12-15-11(18)8-5-13-9-4-2-1-3-7(9)10(8)16-14-6-17/h1-6H,12H2,(H,13,16)(H,14,17)(H,15,18). The molecule has 0 spiro atoms. The lowest BCUT2D eigenvalue weighted by atomic mass is 10.1. The number of para-hydroxylation sites is 1. The van der Waals surface area contributed by atoms with Gasteiger partial charge in [-0.3, -0.25) is 30.9 Å². The molecule has 7 nitrogen and oxygen atoms in total. The summed E-state index contributed by atoms with van der Waals surface area (Å²) in [6, 6.07) is 7.21. The van der Waals surface area contributed by atoms with E-state index in [-0.39, 0.29) is 5.56 Å². The number of carbonyl (C=O) groups is 2. The van der Waals surface area contributed by atoms with Crippen molar-refractivity contribution in [3.05, 3.63) is 36.0 Å². The molecule has 0 bridgehead atoms. The molecule has 0 fully saturated rings. The summed E-state index contributed by atoms with van der Waals surface area (Å²) in [5, 5.41) is 0.702. The fraction of sp³-hybridized carbons (Fsp3) is 0. The molecule has 2 amide bonds. The fourth-order valence-corrected chi connectivity index (χ4v) is 1.63. The average molecular weight is 245 g/mol. The van der Waals surface area contributed by atoms with Crippen LogP contribution in [-0.2, 0) is 4.79 Å². The summed E-state index contributed by atoms with van der Waals surface area (Å²) < 4.78 is 0. The van der Waals surface area contributed by atoms with Crippen molar-refractivity contribution in [2.24, 2.45) is 5.84 Å². The summed E-state index contributed by atoms with van der Waals surface area (Å²) in [5.41, 5.74) is 8.35. The Hall–Kier alpha value is -2.67. The van der Waals surface area contributed by atoms with Crippen LogP contribution in [-0.4, -0.2) is 17.3 Å². The van der Waals surface area contributed by atoms with Crippen molar-refractivity contribution < 1.29 is 9.59 Å². The molecule has 0 unspecified atom stereocenters. The molecule has 2 aromatic rings. The fourth-order valence-electron chi connectivity index (χ4n) is 1.63. The third kappa shape index (κ3) is 2.06. The van der Waals surface area contributed by atoms with E-state index in [1.165, 1.54) is 6.20 Å². The molecule has 92 valence electrons. The average Bonchev–Trinajstić information content (AvgIpc) is 2.43. The lowest BCUT2D eigenvalue weighted by molar-refractivity contribution is -0.109. The number of aromatic nitrogens is 1. The maximum absolute atomic E-state index is 11.6. The molecule has 0 saturated carbocycles. The van der Waals surface area contributed by atoms with Crippen molar-refractivity contribution in [3.63, 3.8) is 0 Å². The Morgan fingerprint density at radius 1 is 1.33 bits per heavy atom. The third-order valence-electron chi connectivity index (χ3n) is 2.41. The molecular weight excluding hydrogens is 234 g/mol. The number of hydrogen-bond acceptors (Lipinski definition) is 5. The molecule has 0 radical (unpaired) electrons. The first-order valence-corrected chi connectivity index (χ1v) is 5.12. The Kier molecular flexibility index (Phi) is 3.35. The third-order valence-corrected chi connectivity index (χ3v) is 2.41. The van der Waals surface area contributed by atoms with E-state index in [1.807, 2.05) is 11.5 Å². The molecule has 2 rings (SSSR count). The van der Waals surface area contributed by atoms with Gasteiger partial charge < -0.3 is 0 Å². The van der Waals surface area contributed by atoms with Crippen LogP contribution in [0.3, 0.4) is 0 Å². The van der Waals surface area contributed by atoms with Crippen molar-refractivity contribution in [2.45, 2.75) is 0 Å². The zero-order chi connectivity index (χ0) is 13.0. The van der Waals surface area contributed by atoms with E-state index < -0.39 is 5.91 Å². The number of hydrazine groups is 2. The maximum atomic E-state index is 11.6. The highest BCUT2D eigenvalue weighted by Gasteiger charge is 2.14. The van der Waals surface area contributed by atoms with Crippen molar-refractivity contribution >= 4 is 28.9 Å². The van der Waals surface area contributed by atoms with Gasteiger partial charge in [-0.05, 0) is 6.07 Å². The van der Waals surface area contributed by atoms with Gasteiger partial charge in [-0.25, -0.2) is 5.84 Å². The smallest absolute Gasteiger partial charge is 0.268 e. The molecule has 0 aliphatic rings. The molecule has 1 heterocycles. The van der Waals surface area contributed by atoms with Crippen LogP contribution < -0.4 is 22.1 Å². The van der Waals surface area contributed by atoms with Crippen molar-refractivity contribution in [1.82, 2.24) is 15.8 Å². The molecule has 5 N–H and O–H groups in total. The van der Waals surface area contributed by atoms with Gasteiger partial charge in [-0.15, -0.1) is 0 Å². The number of hydrogen-bond donors (Lipinski definition) is 4. The van der Waals surface area contributed by atoms with Gasteiger partial charge in [0.1, 0.15) is 0 Å². The normalized spacial score (nSPS) is 9.83. The van der Waals surface area contributed by atoms with Crippen molar-refractivity contribution in [3.8, 4) is 0 Å².